The smallest absolute Gasteiger partial charge is 0.366 e. The lowest BCUT2D eigenvalue weighted by Gasteiger charge is -2.27. The Kier molecular flexibility index (Phi) is 2.92. The van der Waals surface area contributed by atoms with Gasteiger partial charge < -0.3 is 5.32 Å². The lowest BCUT2D eigenvalue weighted by Crippen LogP contribution is -2.28. The number of halogens is 3. The van der Waals surface area contributed by atoms with E-state index in [4.69, 9.17) is 5.26 Å². The molecular formula is C11H10F3N3. The highest BCUT2D eigenvalue weighted by Crippen LogP contribution is 2.30. The molecule has 0 bridgehead atoms. The molecule has 90 valence electrons. The van der Waals surface area contributed by atoms with E-state index in [1.807, 2.05) is 6.07 Å². The fourth-order valence-corrected chi connectivity index (χ4v) is 1.56. The highest BCUT2D eigenvalue weighted by Gasteiger charge is 2.33. The van der Waals surface area contributed by atoms with E-state index in [1.54, 1.807) is 0 Å². The first kappa shape index (κ1) is 11.7. The SMILES string of the molecule is N#Cc1ccc(C(F)(F)F)nc1NC1CCC1. The van der Waals surface area contributed by atoms with E-state index in [2.05, 4.69) is 10.3 Å². The first-order valence-electron chi connectivity index (χ1n) is 5.25. The van der Waals surface area contributed by atoms with E-state index in [1.165, 1.54) is 0 Å². The molecule has 0 aromatic carbocycles. The molecule has 0 aliphatic heterocycles. The molecule has 1 saturated carbocycles. The van der Waals surface area contributed by atoms with Gasteiger partial charge in [0.15, 0.2) is 0 Å². The summed E-state index contributed by atoms with van der Waals surface area (Å²) in [4.78, 5) is 3.48. The van der Waals surface area contributed by atoms with Gasteiger partial charge in [0.1, 0.15) is 17.6 Å². The van der Waals surface area contributed by atoms with E-state index in [9.17, 15) is 13.2 Å². The van der Waals surface area contributed by atoms with Crippen LogP contribution in [0.15, 0.2) is 12.1 Å². The van der Waals surface area contributed by atoms with Crippen molar-refractivity contribution in [3.63, 3.8) is 0 Å². The Morgan fingerprint density at radius 1 is 1.35 bits per heavy atom. The predicted octanol–water partition coefficient (Wildman–Crippen LogP) is 2.94. The third-order valence-electron chi connectivity index (χ3n) is 2.75. The zero-order valence-corrected chi connectivity index (χ0v) is 8.88. The van der Waals surface area contributed by atoms with E-state index in [0.29, 0.717) is 0 Å². The van der Waals surface area contributed by atoms with Crippen molar-refractivity contribution in [2.75, 3.05) is 5.32 Å². The third kappa shape index (κ3) is 2.49. The fraction of sp³-hybridized carbons (Fsp3) is 0.455. The van der Waals surface area contributed by atoms with Crippen LogP contribution in [0.1, 0.15) is 30.5 Å². The third-order valence-corrected chi connectivity index (χ3v) is 2.75. The molecule has 0 unspecified atom stereocenters. The van der Waals surface area contributed by atoms with Crippen LogP contribution in [-0.2, 0) is 6.18 Å². The second-order valence-electron chi connectivity index (χ2n) is 3.97. The number of nitriles is 1. The molecule has 0 atom stereocenters. The van der Waals surface area contributed by atoms with Gasteiger partial charge in [-0.25, -0.2) is 4.98 Å². The number of pyridine rings is 1. The van der Waals surface area contributed by atoms with E-state index < -0.39 is 11.9 Å². The second kappa shape index (κ2) is 4.24. The van der Waals surface area contributed by atoms with E-state index in [-0.39, 0.29) is 17.4 Å². The van der Waals surface area contributed by atoms with Crippen LogP contribution >= 0.6 is 0 Å². The molecule has 0 spiro atoms. The Hall–Kier alpha value is -1.77. The second-order valence-corrected chi connectivity index (χ2v) is 3.97. The van der Waals surface area contributed by atoms with Gasteiger partial charge in [-0.15, -0.1) is 0 Å². The standard InChI is InChI=1S/C11H10F3N3/c12-11(13,14)9-5-4-7(6-15)10(17-9)16-8-2-1-3-8/h4-5,8H,1-3H2,(H,16,17). The summed E-state index contributed by atoms with van der Waals surface area (Å²) >= 11 is 0. The van der Waals surface area contributed by atoms with Gasteiger partial charge in [0.2, 0.25) is 0 Å². The monoisotopic (exact) mass is 241 g/mol. The summed E-state index contributed by atoms with van der Waals surface area (Å²) in [6, 6.07) is 3.95. The van der Waals surface area contributed by atoms with Crippen LogP contribution in [0.25, 0.3) is 0 Å². The molecule has 1 aliphatic carbocycles. The molecule has 1 aliphatic rings. The van der Waals surface area contributed by atoms with Crippen LogP contribution in [-0.4, -0.2) is 11.0 Å². The summed E-state index contributed by atoms with van der Waals surface area (Å²) in [6.07, 6.45) is -1.62. The van der Waals surface area contributed by atoms with Crippen LogP contribution in [0, 0.1) is 11.3 Å². The van der Waals surface area contributed by atoms with Crippen molar-refractivity contribution in [3.8, 4) is 6.07 Å². The van der Waals surface area contributed by atoms with Crippen LogP contribution < -0.4 is 5.32 Å². The minimum absolute atomic E-state index is 0.0343. The van der Waals surface area contributed by atoms with Gasteiger partial charge in [0.05, 0.1) is 5.56 Å². The van der Waals surface area contributed by atoms with Gasteiger partial charge in [-0.1, -0.05) is 0 Å². The summed E-state index contributed by atoms with van der Waals surface area (Å²) < 4.78 is 37.4. The molecular weight excluding hydrogens is 231 g/mol. The average molecular weight is 241 g/mol. The Morgan fingerprint density at radius 2 is 2.06 bits per heavy atom. The molecule has 1 aromatic rings. The Morgan fingerprint density at radius 3 is 2.53 bits per heavy atom. The summed E-state index contributed by atoms with van der Waals surface area (Å²) in [5.41, 5.74) is -0.830. The van der Waals surface area contributed by atoms with Gasteiger partial charge in [0, 0.05) is 6.04 Å². The van der Waals surface area contributed by atoms with Crippen molar-refractivity contribution in [1.82, 2.24) is 4.98 Å². The van der Waals surface area contributed by atoms with Crippen molar-refractivity contribution in [2.45, 2.75) is 31.5 Å². The maximum atomic E-state index is 12.5. The van der Waals surface area contributed by atoms with Crippen molar-refractivity contribution >= 4 is 5.82 Å². The van der Waals surface area contributed by atoms with Gasteiger partial charge >= 0.3 is 6.18 Å². The summed E-state index contributed by atoms with van der Waals surface area (Å²) in [7, 11) is 0. The van der Waals surface area contributed by atoms with Gasteiger partial charge in [-0.05, 0) is 31.4 Å². The zero-order valence-electron chi connectivity index (χ0n) is 8.88. The largest absolute Gasteiger partial charge is 0.433 e. The van der Waals surface area contributed by atoms with Gasteiger partial charge in [-0.3, -0.25) is 0 Å². The van der Waals surface area contributed by atoms with Crippen molar-refractivity contribution < 1.29 is 13.2 Å². The van der Waals surface area contributed by atoms with Crippen molar-refractivity contribution in [2.24, 2.45) is 0 Å². The van der Waals surface area contributed by atoms with Crippen LogP contribution in [0.5, 0.6) is 0 Å². The average Bonchev–Trinajstić information content (AvgIpc) is 2.22. The van der Waals surface area contributed by atoms with Crippen LogP contribution in [0.3, 0.4) is 0 Å². The highest BCUT2D eigenvalue weighted by molar-refractivity contribution is 5.53. The first-order chi connectivity index (χ1) is 8.00. The maximum absolute atomic E-state index is 12.5. The predicted molar refractivity (Wildman–Crippen MR) is 55.2 cm³/mol. The fourth-order valence-electron chi connectivity index (χ4n) is 1.56. The molecule has 1 N–H and O–H groups in total. The van der Waals surface area contributed by atoms with E-state index >= 15 is 0 Å². The topological polar surface area (TPSA) is 48.7 Å². The maximum Gasteiger partial charge on any atom is 0.433 e. The molecule has 0 radical (unpaired) electrons. The Balaban J connectivity index is 2.29. The summed E-state index contributed by atoms with van der Waals surface area (Å²) in [5, 5.41) is 11.7. The molecule has 1 fully saturated rings. The normalized spacial score (nSPS) is 16.1. The summed E-state index contributed by atoms with van der Waals surface area (Å²) in [6.45, 7) is 0. The number of anilines is 1. The number of hydrogen-bond donors (Lipinski definition) is 1. The Bertz CT molecular complexity index is 458. The van der Waals surface area contributed by atoms with Gasteiger partial charge in [-0.2, -0.15) is 18.4 Å². The minimum Gasteiger partial charge on any atom is -0.366 e. The molecule has 1 aromatic heterocycles. The number of nitrogens with zero attached hydrogens (tertiary/aromatic N) is 2. The number of hydrogen-bond acceptors (Lipinski definition) is 3. The number of rotatable bonds is 2. The van der Waals surface area contributed by atoms with E-state index in [0.717, 1.165) is 31.4 Å². The molecule has 0 saturated heterocycles. The molecule has 6 heteroatoms. The molecule has 1 heterocycles. The van der Waals surface area contributed by atoms with Gasteiger partial charge in [0.25, 0.3) is 0 Å². The molecule has 2 rings (SSSR count). The Labute approximate surface area is 96.3 Å². The zero-order chi connectivity index (χ0) is 12.5. The van der Waals surface area contributed by atoms with Crippen LogP contribution in [0.2, 0.25) is 0 Å². The quantitative estimate of drug-likeness (QED) is 0.865. The number of alkyl halides is 3. The minimum atomic E-state index is -4.48. The molecule has 17 heavy (non-hydrogen) atoms. The first-order valence-corrected chi connectivity index (χ1v) is 5.25. The highest BCUT2D eigenvalue weighted by atomic mass is 19.4. The lowest BCUT2D eigenvalue weighted by molar-refractivity contribution is -0.141. The molecule has 0 amide bonds. The number of nitrogens with one attached hydrogen (secondary N) is 1. The van der Waals surface area contributed by atoms with Crippen molar-refractivity contribution in [3.05, 3.63) is 23.4 Å². The summed E-state index contributed by atoms with van der Waals surface area (Å²) in [5.74, 6) is 0.0343. The molecule has 3 nitrogen and oxygen atoms in total. The van der Waals surface area contributed by atoms with Crippen molar-refractivity contribution in [1.29, 1.82) is 5.26 Å². The number of aromatic nitrogens is 1. The lowest BCUT2D eigenvalue weighted by atomic mass is 9.93. The van der Waals surface area contributed by atoms with Crippen LogP contribution in [0.4, 0.5) is 19.0 Å².